The Morgan fingerprint density at radius 1 is 1.44 bits per heavy atom. The first-order chi connectivity index (χ1) is 7.74. The predicted octanol–water partition coefficient (Wildman–Crippen LogP) is 1.39. The number of halogens is 1. The molecule has 0 amide bonds. The van der Waals surface area contributed by atoms with Gasteiger partial charge in [-0.2, -0.15) is 5.10 Å². The fourth-order valence-electron chi connectivity index (χ4n) is 1.53. The average Bonchev–Trinajstić information content (AvgIpc) is 2.70. The Morgan fingerprint density at radius 2 is 2.12 bits per heavy atom. The molecule has 0 aliphatic rings. The summed E-state index contributed by atoms with van der Waals surface area (Å²) in [5.41, 5.74) is 6.81. The van der Waals surface area contributed by atoms with Gasteiger partial charge in [-0.3, -0.25) is 4.68 Å². The molecule has 6 heteroatoms. The minimum Gasteiger partial charge on any atom is -0.316 e. The van der Waals surface area contributed by atoms with Gasteiger partial charge in [0.05, 0.1) is 16.9 Å². The Labute approximate surface area is 98.3 Å². The Hall–Kier alpha value is -1.46. The van der Waals surface area contributed by atoms with Crippen molar-refractivity contribution in [2.75, 3.05) is 0 Å². The maximum absolute atomic E-state index is 6.07. The SMILES string of the molecule is CCn1ncc(Cl)c1C(N)c1ncccn1. The highest BCUT2D eigenvalue weighted by atomic mass is 35.5. The van der Waals surface area contributed by atoms with Crippen molar-refractivity contribution in [1.82, 2.24) is 19.7 Å². The van der Waals surface area contributed by atoms with E-state index < -0.39 is 6.04 Å². The van der Waals surface area contributed by atoms with Crippen LogP contribution in [0.3, 0.4) is 0 Å². The van der Waals surface area contributed by atoms with E-state index in [2.05, 4.69) is 15.1 Å². The van der Waals surface area contributed by atoms with E-state index in [1.807, 2.05) is 6.92 Å². The standard InChI is InChI=1S/C10H12ClN5/c1-2-16-9(7(11)6-15-16)8(12)10-13-4-3-5-14-10/h3-6,8H,2,12H2,1H3. The summed E-state index contributed by atoms with van der Waals surface area (Å²) in [6.07, 6.45) is 4.90. The third-order valence-electron chi connectivity index (χ3n) is 2.29. The van der Waals surface area contributed by atoms with Crippen molar-refractivity contribution in [1.29, 1.82) is 0 Å². The van der Waals surface area contributed by atoms with E-state index in [0.29, 0.717) is 17.4 Å². The molecule has 0 spiro atoms. The van der Waals surface area contributed by atoms with Gasteiger partial charge < -0.3 is 5.73 Å². The lowest BCUT2D eigenvalue weighted by atomic mass is 10.2. The topological polar surface area (TPSA) is 69.6 Å². The number of nitrogens with two attached hydrogens (primary N) is 1. The average molecular weight is 238 g/mol. The van der Waals surface area contributed by atoms with Crippen molar-refractivity contribution in [2.24, 2.45) is 5.73 Å². The van der Waals surface area contributed by atoms with Crippen LogP contribution >= 0.6 is 11.6 Å². The first kappa shape index (κ1) is 11.0. The lowest BCUT2D eigenvalue weighted by Crippen LogP contribution is -2.19. The molecule has 0 aliphatic carbocycles. The fourth-order valence-corrected chi connectivity index (χ4v) is 1.79. The van der Waals surface area contributed by atoms with E-state index >= 15 is 0 Å². The Balaban J connectivity index is 2.41. The summed E-state index contributed by atoms with van der Waals surface area (Å²) in [4.78, 5) is 8.23. The van der Waals surface area contributed by atoms with Crippen LogP contribution in [-0.4, -0.2) is 19.7 Å². The molecule has 0 radical (unpaired) electrons. The van der Waals surface area contributed by atoms with Crippen LogP contribution in [-0.2, 0) is 6.54 Å². The Bertz CT molecular complexity index is 467. The van der Waals surface area contributed by atoms with Gasteiger partial charge >= 0.3 is 0 Å². The number of aryl methyl sites for hydroxylation is 1. The van der Waals surface area contributed by atoms with Crippen LogP contribution in [0.25, 0.3) is 0 Å². The van der Waals surface area contributed by atoms with E-state index in [9.17, 15) is 0 Å². The summed E-state index contributed by atoms with van der Waals surface area (Å²) in [7, 11) is 0. The number of rotatable bonds is 3. The molecular formula is C10H12ClN5. The molecule has 2 N–H and O–H groups in total. The molecule has 0 saturated heterocycles. The molecule has 1 unspecified atom stereocenters. The maximum Gasteiger partial charge on any atom is 0.151 e. The van der Waals surface area contributed by atoms with Crippen LogP contribution in [0.1, 0.15) is 24.5 Å². The van der Waals surface area contributed by atoms with Crippen LogP contribution in [0.4, 0.5) is 0 Å². The normalized spacial score (nSPS) is 12.7. The van der Waals surface area contributed by atoms with Crippen molar-refractivity contribution in [3.05, 3.63) is 41.2 Å². The number of hydrogen-bond donors (Lipinski definition) is 1. The minimum absolute atomic E-state index is 0.448. The smallest absolute Gasteiger partial charge is 0.151 e. The molecule has 2 aromatic rings. The van der Waals surface area contributed by atoms with Gasteiger partial charge in [-0.1, -0.05) is 11.6 Å². The molecule has 1 atom stereocenters. The highest BCUT2D eigenvalue weighted by Gasteiger charge is 2.19. The molecule has 2 aromatic heterocycles. The van der Waals surface area contributed by atoms with Crippen LogP contribution in [0.15, 0.2) is 24.7 Å². The number of aromatic nitrogens is 4. The van der Waals surface area contributed by atoms with Crippen molar-refractivity contribution in [2.45, 2.75) is 19.5 Å². The summed E-state index contributed by atoms with van der Waals surface area (Å²) in [5, 5.41) is 4.67. The van der Waals surface area contributed by atoms with Crippen LogP contribution in [0.5, 0.6) is 0 Å². The van der Waals surface area contributed by atoms with Crippen molar-refractivity contribution < 1.29 is 0 Å². The van der Waals surface area contributed by atoms with E-state index in [1.54, 1.807) is 29.3 Å². The first-order valence-electron chi connectivity index (χ1n) is 4.97. The summed E-state index contributed by atoms with van der Waals surface area (Å²) in [6.45, 7) is 2.69. The van der Waals surface area contributed by atoms with Gasteiger partial charge in [-0.05, 0) is 13.0 Å². The predicted molar refractivity (Wildman–Crippen MR) is 61.0 cm³/mol. The Morgan fingerprint density at radius 3 is 2.75 bits per heavy atom. The van der Waals surface area contributed by atoms with Gasteiger partial charge in [0.25, 0.3) is 0 Å². The van der Waals surface area contributed by atoms with Gasteiger partial charge in [0, 0.05) is 18.9 Å². The molecule has 0 aromatic carbocycles. The third-order valence-corrected chi connectivity index (χ3v) is 2.58. The molecular weight excluding hydrogens is 226 g/mol. The summed E-state index contributed by atoms with van der Waals surface area (Å²) in [5.74, 6) is 0.541. The second-order valence-corrected chi connectivity index (χ2v) is 3.69. The van der Waals surface area contributed by atoms with Gasteiger partial charge in [0.2, 0.25) is 0 Å². The second-order valence-electron chi connectivity index (χ2n) is 3.28. The fraction of sp³-hybridized carbons (Fsp3) is 0.300. The second kappa shape index (κ2) is 4.59. The number of hydrogen-bond acceptors (Lipinski definition) is 4. The van der Waals surface area contributed by atoms with E-state index in [1.165, 1.54) is 0 Å². The summed E-state index contributed by atoms with van der Waals surface area (Å²) in [6, 6.07) is 1.30. The zero-order valence-electron chi connectivity index (χ0n) is 8.84. The van der Waals surface area contributed by atoms with Crippen LogP contribution in [0, 0.1) is 0 Å². The third kappa shape index (κ3) is 1.91. The lowest BCUT2D eigenvalue weighted by Gasteiger charge is -2.12. The molecule has 84 valence electrons. The summed E-state index contributed by atoms with van der Waals surface area (Å²) < 4.78 is 1.75. The molecule has 0 fully saturated rings. The lowest BCUT2D eigenvalue weighted by molar-refractivity contribution is 0.590. The highest BCUT2D eigenvalue weighted by Crippen LogP contribution is 2.24. The molecule has 2 heterocycles. The largest absolute Gasteiger partial charge is 0.316 e. The van der Waals surface area contributed by atoms with Crippen molar-refractivity contribution in [3.8, 4) is 0 Å². The first-order valence-corrected chi connectivity index (χ1v) is 5.35. The van der Waals surface area contributed by atoms with Crippen molar-refractivity contribution >= 4 is 11.6 Å². The zero-order chi connectivity index (χ0) is 11.5. The van der Waals surface area contributed by atoms with E-state index in [4.69, 9.17) is 17.3 Å². The molecule has 0 aliphatic heterocycles. The monoisotopic (exact) mass is 237 g/mol. The number of nitrogens with zero attached hydrogens (tertiary/aromatic N) is 4. The summed E-state index contributed by atoms with van der Waals surface area (Å²) >= 11 is 6.05. The molecule has 2 rings (SSSR count). The molecule has 0 bridgehead atoms. The highest BCUT2D eigenvalue weighted by molar-refractivity contribution is 6.31. The molecule has 0 saturated carbocycles. The van der Waals surface area contributed by atoms with Gasteiger partial charge in [-0.25, -0.2) is 9.97 Å². The van der Waals surface area contributed by atoms with Crippen molar-refractivity contribution in [3.63, 3.8) is 0 Å². The van der Waals surface area contributed by atoms with Crippen LogP contribution in [0.2, 0.25) is 5.02 Å². The maximum atomic E-state index is 6.07. The quantitative estimate of drug-likeness (QED) is 0.876. The Kier molecular flexibility index (Phi) is 3.17. The van der Waals surface area contributed by atoms with Gasteiger partial charge in [0.1, 0.15) is 6.04 Å². The minimum atomic E-state index is -0.448. The van der Waals surface area contributed by atoms with Crippen LogP contribution < -0.4 is 5.73 Å². The molecule has 16 heavy (non-hydrogen) atoms. The van der Waals surface area contributed by atoms with Gasteiger partial charge in [0.15, 0.2) is 5.82 Å². The van der Waals surface area contributed by atoms with Gasteiger partial charge in [-0.15, -0.1) is 0 Å². The van der Waals surface area contributed by atoms with E-state index in [0.717, 1.165) is 5.69 Å². The molecule has 5 nitrogen and oxygen atoms in total. The zero-order valence-corrected chi connectivity index (χ0v) is 9.59. The van der Waals surface area contributed by atoms with E-state index in [-0.39, 0.29) is 0 Å².